The molecule has 0 aliphatic heterocycles. The van der Waals surface area contributed by atoms with Crippen LogP contribution >= 0.6 is 0 Å². The van der Waals surface area contributed by atoms with Gasteiger partial charge in [0.2, 0.25) is 11.8 Å². The van der Waals surface area contributed by atoms with Crippen molar-refractivity contribution in [3.63, 3.8) is 0 Å². The first-order valence-electron chi connectivity index (χ1n) is 7.83. The Labute approximate surface area is 155 Å². The monoisotopic (exact) mass is 379 g/mol. The number of benzene rings is 1. The molecule has 0 aliphatic rings. The minimum Gasteiger partial charge on any atom is -0.508 e. The number of nitrogens with one attached hydrogen (secondary N) is 2. The van der Waals surface area contributed by atoms with E-state index in [0.29, 0.717) is 5.56 Å². The van der Waals surface area contributed by atoms with Crippen LogP contribution in [0.5, 0.6) is 5.75 Å². The third kappa shape index (κ3) is 8.01. The van der Waals surface area contributed by atoms with E-state index in [4.69, 9.17) is 10.8 Å². The van der Waals surface area contributed by atoms with Crippen LogP contribution < -0.4 is 16.4 Å². The lowest BCUT2D eigenvalue weighted by molar-refractivity contribution is -0.142. The van der Waals surface area contributed by atoms with Crippen molar-refractivity contribution < 1.29 is 34.1 Å². The number of phenols is 1. The number of nitrogens with two attached hydrogens (primary N) is 1. The predicted molar refractivity (Wildman–Crippen MR) is 93.5 cm³/mol. The summed E-state index contributed by atoms with van der Waals surface area (Å²) in [7, 11) is 1.14. The van der Waals surface area contributed by atoms with Gasteiger partial charge >= 0.3 is 11.9 Å². The Morgan fingerprint density at radius 1 is 1.19 bits per heavy atom. The lowest BCUT2D eigenvalue weighted by Gasteiger charge is -2.18. The number of carboxylic acids is 1. The molecule has 1 aromatic rings. The summed E-state index contributed by atoms with van der Waals surface area (Å²) in [6.07, 6.45) is 1.88. The van der Waals surface area contributed by atoms with Crippen molar-refractivity contribution in [3.8, 4) is 5.75 Å². The van der Waals surface area contributed by atoms with E-state index in [2.05, 4.69) is 15.4 Å². The molecule has 0 spiro atoms. The summed E-state index contributed by atoms with van der Waals surface area (Å²) >= 11 is 0. The molecule has 0 aliphatic carbocycles. The average Bonchev–Trinajstić information content (AvgIpc) is 2.64. The first-order valence-corrected chi connectivity index (χ1v) is 7.83. The maximum Gasteiger partial charge on any atom is 0.330 e. The highest BCUT2D eigenvalue weighted by molar-refractivity contribution is 5.95. The van der Waals surface area contributed by atoms with Gasteiger partial charge in [0.25, 0.3) is 0 Å². The highest BCUT2D eigenvalue weighted by Gasteiger charge is 2.23. The van der Waals surface area contributed by atoms with E-state index in [1.54, 1.807) is 12.1 Å². The standard InChI is InChI=1S/C17H21N3O7/c1-27-15(23)7-6-14(22)19-9-13(17(25)26)20-16(24)12(18)8-10-2-4-11(21)5-3-10/h2-7,12-13,21H,8-9,18H2,1H3,(H,19,22)(H,20,24)(H,25,26)/b7-6+/t12-,13+/m1/s1. The topological polar surface area (TPSA) is 168 Å². The zero-order chi connectivity index (χ0) is 20.4. The van der Waals surface area contributed by atoms with Crippen LogP contribution in [0.15, 0.2) is 36.4 Å². The number of methoxy groups -OCH3 is 1. The van der Waals surface area contributed by atoms with Gasteiger partial charge in [0.15, 0.2) is 0 Å². The molecule has 2 atom stereocenters. The number of carboxylic acid groups (broad SMARTS) is 1. The van der Waals surface area contributed by atoms with E-state index < -0.39 is 42.4 Å². The molecule has 0 aromatic heterocycles. The number of hydrogen-bond donors (Lipinski definition) is 5. The van der Waals surface area contributed by atoms with Gasteiger partial charge in [-0.3, -0.25) is 9.59 Å². The van der Waals surface area contributed by atoms with Gasteiger partial charge in [0.1, 0.15) is 11.8 Å². The Hall–Kier alpha value is -3.40. The van der Waals surface area contributed by atoms with Gasteiger partial charge in [-0.2, -0.15) is 0 Å². The second-order valence-electron chi connectivity index (χ2n) is 5.48. The van der Waals surface area contributed by atoms with Crippen LogP contribution in [0.2, 0.25) is 0 Å². The summed E-state index contributed by atoms with van der Waals surface area (Å²) in [4.78, 5) is 45.7. The van der Waals surface area contributed by atoms with Crippen molar-refractivity contribution in [2.45, 2.75) is 18.5 Å². The molecule has 6 N–H and O–H groups in total. The minimum absolute atomic E-state index is 0.0692. The number of amides is 2. The van der Waals surface area contributed by atoms with Gasteiger partial charge in [-0.1, -0.05) is 12.1 Å². The highest BCUT2D eigenvalue weighted by Crippen LogP contribution is 2.10. The minimum atomic E-state index is -1.40. The first-order chi connectivity index (χ1) is 12.7. The van der Waals surface area contributed by atoms with Gasteiger partial charge in [-0.25, -0.2) is 9.59 Å². The highest BCUT2D eigenvalue weighted by atomic mass is 16.5. The van der Waals surface area contributed by atoms with E-state index in [9.17, 15) is 24.3 Å². The maximum atomic E-state index is 12.1. The third-order valence-electron chi connectivity index (χ3n) is 3.40. The van der Waals surface area contributed by atoms with Gasteiger partial charge in [-0.05, 0) is 24.1 Å². The zero-order valence-electron chi connectivity index (χ0n) is 14.5. The molecule has 0 saturated carbocycles. The van der Waals surface area contributed by atoms with Crippen molar-refractivity contribution >= 4 is 23.8 Å². The Bertz CT molecular complexity index is 716. The van der Waals surface area contributed by atoms with Crippen molar-refractivity contribution in [1.29, 1.82) is 0 Å². The van der Waals surface area contributed by atoms with Crippen LogP contribution in [0.3, 0.4) is 0 Å². The van der Waals surface area contributed by atoms with Gasteiger partial charge in [-0.15, -0.1) is 0 Å². The number of phenolic OH excluding ortho intramolecular Hbond substituents is 1. The largest absolute Gasteiger partial charge is 0.508 e. The Balaban J connectivity index is 2.57. The normalized spacial score (nSPS) is 12.8. The van der Waals surface area contributed by atoms with Crippen LogP contribution in [0.25, 0.3) is 0 Å². The number of rotatable bonds is 9. The average molecular weight is 379 g/mol. The fourth-order valence-electron chi connectivity index (χ4n) is 1.93. The second-order valence-corrected chi connectivity index (χ2v) is 5.48. The van der Waals surface area contributed by atoms with E-state index in [1.165, 1.54) is 12.1 Å². The number of aromatic hydroxyl groups is 1. The summed E-state index contributed by atoms with van der Waals surface area (Å²) in [6, 6.07) is 3.63. The van der Waals surface area contributed by atoms with Crippen molar-refractivity contribution in [2.24, 2.45) is 5.73 Å². The van der Waals surface area contributed by atoms with Crippen LogP contribution in [0, 0.1) is 0 Å². The molecule has 0 radical (unpaired) electrons. The van der Waals surface area contributed by atoms with Crippen LogP contribution in [0.1, 0.15) is 5.56 Å². The van der Waals surface area contributed by atoms with Gasteiger partial charge < -0.3 is 31.3 Å². The Morgan fingerprint density at radius 3 is 2.37 bits per heavy atom. The molecule has 146 valence electrons. The van der Waals surface area contributed by atoms with E-state index in [1.807, 2.05) is 0 Å². The molecular weight excluding hydrogens is 358 g/mol. The Morgan fingerprint density at radius 2 is 1.81 bits per heavy atom. The zero-order valence-corrected chi connectivity index (χ0v) is 14.5. The number of carbonyl (C=O) groups excluding carboxylic acids is 3. The molecule has 10 heteroatoms. The molecule has 27 heavy (non-hydrogen) atoms. The molecule has 0 unspecified atom stereocenters. The summed E-state index contributed by atoms with van der Waals surface area (Å²) in [5, 5.41) is 22.9. The lowest BCUT2D eigenvalue weighted by Crippen LogP contribution is -2.53. The summed E-state index contributed by atoms with van der Waals surface area (Å²) in [5.74, 6) is -3.48. The van der Waals surface area contributed by atoms with Crippen molar-refractivity contribution in [2.75, 3.05) is 13.7 Å². The number of ether oxygens (including phenoxy) is 1. The predicted octanol–water partition coefficient (Wildman–Crippen LogP) is -1.32. The number of hydrogen-bond acceptors (Lipinski definition) is 7. The SMILES string of the molecule is COC(=O)/C=C/C(=O)NC[C@H](NC(=O)[C@H](N)Cc1ccc(O)cc1)C(=O)O. The van der Waals surface area contributed by atoms with Crippen LogP contribution in [-0.2, 0) is 30.3 Å². The van der Waals surface area contributed by atoms with Crippen LogP contribution in [0.4, 0.5) is 0 Å². The Kier molecular flexibility index (Phi) is 8.46. The van der Waals surface area contributed by atoms with E-state index in [-0.39, 0.29) is 12.2 Å². The summed E-state index contributed by atoms with van der Waals surface area (Å²) < 4.78 is 4.31. The fraction of sp³-hybridized carbons (Fsp3) is 0.294. The molecule has 0 heterocycles. The molecular formula is C17H21N3O7. The first kappa shape index (κ1) is 21.6. The smallest absolute Gasteiger partial charge is 0.330 e. The molecule has 0 saturated heterocycles. The lowest BCUT2D eigenvalue weighted by atomic mass is 10.1. The summed E-state index contributed by atoms with van der Waals surface area (Å²) in [5.41, 5.74) is 6.45. The van der Waals surface area contributed by atoms with Gasteiger partial charge in [0.05, 0.1) is 13.2 Å². The van der Waals surface area contributed by atoms with E-state index >= 15 is 0 Å². The molecule has 1 aromatic carbocycles. The second kappa shape index (κ2) is 10.6. The maximum absolute atomic E-state index is 12.1. The van der Waals surface area contributed by atoms with E-state index in [0.717, 1.165) is 19.3 Å². The fourth-order valence-corrected chi connectivity index (χ4v) is 1.93. The van der Waals surface area contributed by atoms with Crippen molar-refractivity contribution in [1.82, 2.24) is 10.6 Å². The molecule has 10 nitrogen and oxygen atoms in total. The number of carbonyl (C=O) groups is 4. The van der Waals surface area contributed by atoms with Gasteiger partial charge in [0, 0.05) is 18.7 Å². The quantitative estimate of drug-likeness (QED) is 0.260. The third-order valence-corrected chi connectivity index (χ3v) is 3.40. The van der Waals surface area contributed by atoms with Crippen LogP contribution in [-0.4, -0.2) is 59.7 Å². The molecule has 0 fully saturated rings. The summed E-state index contributed by atoms with van der Waals surface area (Å²) in [6.45, 7) is -0.405. The number of aliphatic carboxylic acids is 1. The molecule has 0 bridgehead atoms. The number of esters is 1. The molecule has 1 rings (SSSR count). The molecule has 2 amide bonds. The van der Waals surface area contributed by atoms with Crippen molar-refractivity contribution in [3.05, 3.63) is 42.0 Å².